The van der Waals surface area contributed by atoms with Crippen LogP contribution in [0.15, 0.2) is 11.1 Å². The van der Waals surface area contributed by atoms with E-state index < -0.39 is 55.1 Å². The van der Waals surface area contributed by atoms with E-state index in [1.807, 2.05) is 0 Å². The molecule has 0 saturated carbocycles. The third-order valence-electron chi connectivity index (χ3n) is 4.19. The number of hydrogen-bond donors (Lipinski definition) is 8. The van der Waals surface area contributed by atoms with Gasteiger partial charge in [0.15, 0.2) is 17.4 Å². The molecule has 16 heteroatoms. The summed E-state index contributed by atoms with van der Waals surface area (Å²) in [7, 11) is 1.18. The van der Waals surface area contributed by atoms with Gasteiger partial charge in [0.1, 0.15) is 12.7 Å². The van der Waals surface area contributed by atoms with E-state index in [1.54, 1.807) is 0 Å². The van der Waals surface area contributed by atoms with Gasteiger partial charge in [-0.05, 0) is 0 Å². The van der Waals surface area contributed by atoms with Gasteiger partial charge in [-0.1, -0.05) is 0 Å². The monoisotopic (exact) mass is 452 g/mol. The average molecular weight is 452 g/mol. The molecule has 1 fully saturated rings. The molecule has 0 aliphatic carbocycles. The van der Waals surface area contributed by atoms with Crippen molar-refractivity contribution in [2.75, 3.05) is 26.0 Å². The number of nitrogens with two attached hydrogens (primary N) is 1. The summed E-state index contributed by atoms with van der Waals surface area (Å²) in [6.07, 6.45) is -1.81. The standard InChI is InChI=1S/C13H21N6O8PS/c1-15-6(21)3-26-8-9(29-28(23,24)25)5(2-20)27-12(8)19-4-16-7-10(19)17-13(14)18-11(7)22/h4-5,8-9,12,20,23-25,29H,2-3H2,1H3,(H,15,21)(H3,14,17,18,22)/t5-,8+,9+,12-/m1/s1. The first-order valence-electron chi connectivity index (χ1n) is 8.25. The molecule has 0 spiro atoms. The van der Waals surface area contributed by atoms with E-state index in [4.69, 9.17) is 15.2 Å². The van der Waals surface area contributed by atoms with E-state index in [1.165, 1.54) is 17.9 Å². The molecule has 8 N–H and O–H groups in total. The number of aliphatic hydroxyl groups excluding tert-OH is 1. The van der Waals surface area contributed by atoms with Gasteiger partial charge in [-0.2, -0.15) is 4.98 Å². The molecule has 29 heavy (non-hydrogen) atoms. The number of rotatable bonds is 6. The van der Waals surface area contributed by atoms with Gasteiger partial charge in [-0.3, -0.25) is 19.1 Å². The number of amides is 1. The summed E-state index contributed by atoms with van der Waals surface area (Å²) >= 11 is 0. The number of aromatic amines is 1. The van der Waals surface area contributed by atoms with Crippen LogP contribution in [0.2, 0.25) is 0 Å². The lowest BCUT2D eigenvalue weighted by Crippen LogP contribution is -2.38. The molecule has 14 nitrogen and oxygen atoms in total. The van der Waals surface area contributed by atoms with Crippen LogP contribution in [0.3, 0.4) is 0 Å². The van der Waals surface area contributed by atoms with Crippen molar-refractivity contribution in [3.8, 4) is 0 Å². The minimum absolute atomic E-state index is 0.0253. The number of ether oxygens (including phenoxy) is 2. The number of hydrogen-bond acceptors (Lipinski definition) is 8. The smallest absolute Gasteiger partial charge is 0.280 e. The molecule has 2 aromatic heterocycles. The van der Waals surface area contributed by atoms with Crippen molar-refractivity contribution in [1.82, 2.24) is 24.8 Å². The van der Waals surface area contributed by atoms with Gasteiger partial charge in [0.2, 0.25) is 11.9 Å². The molecule has 1 aliphatic rings. The van der Waals surface area contributed by atoms with Crippen molar-refractivity contribution in [2.24, 2.45) is 0 Å². The van der Waals surface area contributed by atoms with Crippen LogP contribution in [-0.4, -0.2) is 82.9 Å². The molecule has 0 bridgehead atoms. The van der Waals surface area contributed by atoms with Crippen LogP contribution in [0.1, 0.15) is 6.23 Å². The van der Waals surface area contributed by atoms with E-state index in [0.29, 0.717) is 0 Å². The van der Waals surface area contributed by atoms with Crippen LogP contribution >= 0.6 is 6.72 Å². The second-order valence-corrected chi connectivity index (χ2v) is 10.3. The number of nitrogens with zero attached hydrogens (tertiary/aromatic N) is 3. The molecular formula is C13H21N6O8PS. The Balaban J connectivity index is 2.08. The Kier molecular flexibility index (Phi) is 6.40. The molecule has 4 atom stereocenters. The minimum atomic E-state index is -4.29. The third kappa shape index (κ3) is 4.67. The largest absolute Gasteiger partial charge is 0.394 e. The van der Waals surface area contributed by atoms with Crippen molar-refractivity contribution >= 4 is 40.7 Å². The van der Waals surface area contributed by atoms with Crippen LogP contribution in [0.4, 0.5) is 5.95 Å². The Labute approximate surface area is 166 Å². The summed E-state index contributed by atoms with van der Waals surface area (Å²) in [5.74, 6) is -0.622. The zero-order chi connectivity index (χ0) is 21.3. The van der Waals surface area contributed by atoms with Gasteiger partial charge in [-0.15, -0.1) is 10.9 Å². The fourth-order valence-corrected chi connectivity index (χ4v) is 5.91. The second kappa shape index (κ2) is 8.49. The van der Waals surface area contributed by atoms with Gasteiger partial charge in [0, 0.05) is 7.05 Å². The zero-order valence-corrected chi connectivity index (χ0v) is 16.8. The number of carbonyl (C=O) groups is 1. The number of H-pyrrole nitrogens is 1. The van der Waals surface area contributed by atoms with Gasteiger partial charge >= 0.3 is 0 Å². The summed E-state index contributed by atoms with van der Waals surface area (Å²) in [6, 6.07) is 0. The number of aromatic nitrogens is 4. The SMILES string of the molecule is CNC(=O)CO[C@H]1[C@@H]([SH]=P(O)(O)O)[C@@H](CO)O[C@H]1n1cnc2c(=O)[nH]c(N)nc21. The average Bonchev–Trinajstić information content (AvgIpc) is 3.19. The molecular weight excluding hydrogens is 431 g/mol. The summed E-state index contributed by atoms with van der Waals surface area (Å²) in [5, 5.41) is 11.1. The number of likely N-dealkylation sites (N-methyl/N-ethyl adjacent to an activating group) is 1. The lowest BCUT2D eigenvalue weighted by atomic mass is 10.2. The maximum atomic E-state index is 12.0. The van der Waals surface area contributed by atoms with E-state index in [-0.39, 0.29) is 28.1 Å². The lowest BCUT2D eigenvalue weighted by molar-refractivity contribution is -0.130. The zero-order valence-electron chi connectivity index (χ0n) is 15.0. The molecule has 0 radical (unpaired) electrons. The van der Waals surface area contributed by atoms with E-state index in [2.05, 4.69) is 20.3 Å². The predicted molar refractivity (Wildman–Crippen MR) is 103 cm³/mol. The molecule has 1 aliphatic heterocycles. The maximum absolute atomic E-state index is 12.0. The molecule has 2 aromatic rings. The highest BCUT2D eigenvalue weighted by molar-refractivity contribution is 8.16. The number of fused-ring (bicyclic) bond motifs is 1. The first-order valence-corrected chi connectivity index (χ1v) is 11.6. The number of nitrogens with one attached hydrogen (secondary N) is 2. The fraction of sp³-hybridized carbons (Fsp3) is 0.538. The van der Waals surface area contributed by atoms with E-state index in [9.17, 15) is 29.4 Å². The number of aliphatic hydroxyl groups is 1. The summed E-state index contributed by atoms with van der Waals surface area (Å²) < 4.78 is 12.7. The number of imidazole rings is 1. The first kappa shape index (κ1) is 21.9. The Hall–Kier alpha value is -1.84. The van der Waals surface area contributed by atoms with Crippen molar-refractivity contribution in [1.29, 1.82) is 0 Å². The molecule has 1 saturated heterocycles. The number of thiol groups is 1. The van der Waals surface area contributed by atoms with E-state index >= 15 is 0 Å². The molecule has 1 amide bonds. The van der Waals surface area contributed by atoms with Crippen LogP contribution in [-0.2, 0) is 25.2 Å². The quantitative estimate of drug-likeness (QED) is 0.159. The molecule has 0 aromatic carbocycles. The van der Waals surface area contributed by atoms with Gasteiger partial charge in [-0.25, -0.2) is 4.98 Å². The van der Waals surface area contributed by atoms with Crippen molar-refractivity contribution in [2.45, 2.75) is 23.7 Å². The maximum Gasteiger partial charge on any atom is 0.280 e. The predicted octanol–water partition coefficient (Wildman–Crippen LogP) is -3.44. The van der Waals surface area contributed by atoms with Gasteiger partial charge in [0.25, 0.3) is 12.3 Å². The van der Waals surface area contributed by atoms with Crippen molar-refractivity contribution in [3.63, 3.8) is 0 Å². The molecule has 162 valence electrons. The highest BCUT2D eigenvalue weighted by Crippen LogP contribution is 2.40. The first-order chi connectivity index (χ1) is 13.6. The Morgan fingerprint density at radius 1 is 1.52 bits per heavy atom. The van der Waals surface area contributed by atoms with Crippen LogP contribution in [0, 0.1) is 0 Å². The summed E-state index contributed by atoms with van der Waals surface area (Å²) in [5.41, 5.74) is 5.06. The highest BCUT2D eigenvalue weighted by Gasteiger charge is 2.47. The fourth-order valence-electron chi connectivity index (χ4n) is 2.97. The van der Waals surface area contributed by atoms with Crippen molar-refractivity contribution in [3.05, 3.63) is 16.7 Å². The molecule has 3 rings (SSSR count). The summed E-state index contributed by atoms with van der Waals surface area (Å²) in [4.78, 5) is 62.6. The number of nitrogen functional groups attached to an aromatic ring is 1. The topological polar surface area (TPSA) is 218 Å². The Bertz CT molecular complexity index is 1010. The minimum Gasteiger partial charge on any atom is -0.394 e. The summed E-state index contributed by atoms with van der Waals surface area (Å²) in [6.45, 7) is -5.22. The van der Waals surface area contributed by atoms with E-state index in [0.717, 1.165) is 0 Å². The molecule has 0 unspecified atom stereocenters. The van der Waals surface area contributed by atoms with Crippen LogP contribution < -0.4 is 16.6 Å². The van der Waals surface area contributed by atoms with Crippen molar-refractivity contribution < 1.29 is 34.1 Å². The highest BCUT2D eigenvalue weighted by atomic mass is 32.5. The van der Waals surface area contributed by atoms with Gasteiger partial charge < -0.3 is 40.3 Å². The van der Waals surface area contributed by atoms with Crippen LogP contribution in [0.5, 0.6) is 0 Å². The lowest BCUT2D eigenvalue weighted by Gasteiger charge is -2.23. The Morgan fingerprint density at radius 3 is 2.86 bits per heavy atom. The Morgan fingerprint density at radius 2 is 2.24 bits per heavy atom. The third-order valence-corrected chi connectivity index (χ3v) is 7.12. The van der Waals surface area contributed by atoms with Gasteiger partial charge in [0.05, 0.1) is 24.3 Å². The number of carbonyl (C=O) groups excluding carboxylic acids is 1. The number of anilines is 1. The normalized spacial score (nSPS) is 24.9. The van der Waals surface area contributed by atoms with Crippen LogP contribution in [0.25, 0.3) is 11.2 Å². The molecule has 3 heterocycles. The second-order valence-electron chi connectivity index (χ2n) is 6.11.